The standard InChI is InChI=1S/C18H20N4O5/c23-17(5-7-19-15-3-1-2-4-16(15)22(25)26)20-8-10-21(11-9-20)18(24)14-6-12-27-13-14/h1-4,6,12-13,19H,5,7-11H2. The Morgan fingerprint density at radius 2 is 1.81 bits per heavy atom. The molecule has 2 amide bonds. The molecule has 1 N–H and O–H groups in total. The van der Waals surface area contributed by atoms with Crippen LogP contribution in [-0.2, 0) is 4.79 Å². The molecule has 2 heterocycles. The molecule has 0 unspecified atom stereocenters. The van der Waals surface area contributed by atoms with E-state index in [4.69, 9.17) is 4.42 Å². The summed E-state index contributed by atoms with van der Waals surface area (Å²) in [5.74, 6) is -0.148. The van der Waals surface area contributed by atoms with Crippen molar-refractivity contribution >= 4 is 23.2 Å². The topological polar surface area (TPSA) is 109 Å². The summed E-state index contributed by atoms with van der Waals surface area (Å²) in [6.07, 6.45) is 3.09. The lowest BCUT2D eigenvalue weighted by Crippen LogP contribution is -2.50. The number of nitro benzene ring substituents is 1. The lowest BCUT2D eigenvalue weighted by atomic mass is 10.2. The van der Waals surface area contributed by atoms with Gasteiger partial charge in [-0.3, -0.25) is 19.7 Å². The van der Waals surface area contributed by atoms with Crippen molar-refractivity contribution < 1.29 is 18.9 Å². The SMILES string of the molecule is O=C(CCNc1ccccc1[N+](=O)[O-])N1CCN(C(=O)c2ccoc2)CC1. The maximum Gasteiger partial charge on any atom is 0.292 e. The van der Waals surface area contributed by atoms with Crippen molar-refractivity contribution in [2.45, 2.75) is 6.42 Å². The van der Waals surface area contributed by atoms with Crippen LogP contribution in [-0.4, -0.2) is 59.3 Å². The molecule has 0 saturated carbocycles. The van der Waals surface area contributed by atoms with Crippen LogP contribution < -0.4 is 5.32 Å². The Morgan fingerprint density at radius 3 is 2.48 bits per heavy atom. The summed E-state index contributed by atoms with van der Waals surface area (Å²) in [6, 6.07) is 7.95. The molecule has 0 atom stereocenters. The fourth-order valence-electron chi connectivity index (χ4n) is 2.97. The van der Waals surface area contributed by atoms with Crippen LogP contribution in [0.25, 0.3) is 0 Å². The minimum Gasteiger partial charge on any atom is -0.472 e. The van der Waals surface area contributed by atoms with E-state index < -0.39 is 4.92 Å². The van der Waals surface area contributed by atoms with Crippen LogP contribution in [0.4, 0.5) is 11.4 Å². The molecule has 1 aromatic carbocycles. The van der Waals surface area contributed by atoms with Crippen LogP contribution in [0, 0.1) is 10.1 Å². The average Bonchev–Trinajstić information content (AvgIpc) is 3.22. The molecule has 1 aliphatic rings. The van der Waals surface area contributed by atoms with Gasteiger partial charge < -0.3 is 19.5 Å². The molecular formula is C18H20N4O5. The van der Waals surface area contributed by atoms with Gasteiger partial charge in [0.2, 0.25) is 5.91 Å². The average molecular weight is 372 g/mol. The van der Waals surface area contributed by atoms with E-state index >= 15 is 0 Å². The van der Waals surface area contributed by atoms with Gasteiger partial charge in [-0.25, -0.2) is 0 Å². The Balaban J connectivity index is 1.45. The first-order valence-corrected chi connectivity index (χ1v) is 8.63. The number of nitrogens with one attached hydrogen (secondary N) is 1. The van der Waals surface area contributed by atoms with Gasteiger partial charge in [0, 0.05) is 45.2 Å². The van der Waals surface area contributed by atoms with Gasteiger partial charge in [-0.15, -0.1) is 0 Å². The molecule has 9 nitrogen and oxygen atoms in total. The van der Waals surface area contributed by atoms with Gasteiger partial charge in [-0.1, -0.05) is 12.1 Å². The third-order valence-corrected chi connectivity index (χ3v) is 4.44. The smallest absolute Gasteiger partial charge is 0.292 e. The lowest BCUT2D eigenvalue weighted by molar-refractivity contribution is -0.384. The van der Waals surface area contributed by atoms with E-state index in [9.17, 15) is 19.7 Å². The third kappa shape index (κ3) is 4.43. The first-order valence-electron chi connectivity index (χ1n) is 8.63. The number of hydrogen-bond acceptors (Lipinski definition) is 6. The van der Waals surface area contributed by atoms with Crippen molar-refractivity contribution in [3.63, 3.8) is 0 Å². The zero-order chi connectivity index (χ0) is 19.2. The van der Waals surface area contributed by atoms with E-state index in [2.05, 4.69) is 5.32 Å². The van der Waals surface area contributed by atoms with Gasteiger partial charge in [0.1, 0.15) is 12.0 Å². The Labute approximate surface area is 155 Å². The predicted molar refractivity (Wildman–Crippen MR) is 97.4 cm³/mol. The van der Waals surface area contributed by atoms with Crippen LogP contribution in [0.2, 0.25) is 0 Å². The minimum absolute atomic E-state index is 0.0173. The number of benzene rings is 1. The van der Waals surface area contributed by atoms with E-state index in [1.165, 1.54) is 18.6 Å². The van der Waals surface area contributed by atoms with Crippen molar-refractivity contribution in [2.75, 3.05) is 38.0 Å². The number of carbonyl (C=O) groups is 2. The highest BCUT2D eigenvalue weighted by Crippen LogP contribution is 2.23. The summed E-state index contributed by atoms with van der Waals surface area (Å²) in [5.41, 5.74) is 0.880. The molecule has 2 aromatic rings. The summed E-state index contributed by atoms with van der Waals surface area (Å²) < 4.78 is 4.93. The number of para-hydroxylation sites is 2. The molecule has 1 aliphatic heterocycles. The number of anilines is 1. The number of hydrogen-bond donors (Lipinski definition) is 1. The number of nitro groups is 1. The molecular weight excluding hydrogens is 352 g/mol. The quantitative estimate of drug-likeness (QED) is 0.613. The maximum absolute atomic E-state index is 12.3. The summed E-state index contributed by atoms with van der Waals surface area (Å²) in [7, 11) is 0. The van der Waals surface area contributed by atoms with Gasteiger partial charge in [-0.05, 0) is 12.1 Å². The number of furan rings is 1. The number of piperazine rings is 1. The Morgan fingerprint density at radius 1 is 1.11 bits per heavy atom. The van der Waals surface area contributed by atoms with E-state index in [1.54, 1.807) is 34.1 Å². The highest BCUT2D eigenvalue weighted by atomic mass is 16.6. The van der Waals surface area contributed by atoms with E-state index in [1.807, 2.05) is 0 Å². The first-order chi connectivity index (χ1) is 13.1. The highest BCUT2D eigenvalue weighted by Gasteiger charge is 2.25. The number of nitrogens with zero attached hydrogens (tertiary/aromatic N) is 3. The van der Waals surface area contributed by atoms with Crippen molar-refractivity contribution in [3.05, 3.63) is 58.5 Å². The van der Waals surface area contributed by atoms with Crippen LogP contribution >= 0.6 is 0 Å². The van der Waals surface area contributed by atoms with Gasteiger partial charge in [-0.2, -0.15) is 0 Å². The molecule has 1 aromatic heterocycles. The van der Waals surface area contributed by atoms with Crippen LogP contribution in [0.1, 0.15) is 16.8 Å². The number of carbonyl (C=O) groups excluding carboxylic acids is 2. The van der Waals surface area contributed by atoms with Crippen molar-refractivity contribution in [2.24, 2.45) is 0 Å². The Kier molecular flexibility index (Phi) is 5.70. The molecule has 142 valence electrons. The van der Waals surface area contributed by atoms with Crippen molar-refractivity contribution in [1.29, 1.82) is 0 Å². The largest absolute Gasteiger partial charge is 0.472 e. The van der Waals surface area contributed by atoms with Gasteiger partial charge in [0.15, 0.2) is 0 Å². The Bertz CT molecular complexity index is 813. The molecule has 0 aliphatic carbocycles. The van der Waals surface area contributed by atoms with Crippen LogP contribution in [0.5, 0.6) is 0 Å². The zero-order valence-electron chi connectivity index (χ0n) is 14.7. The fourth-order valence-corrected chi connectivity index (χ4v) is 2.97. The summed E-state index contributed by atoms with van der Waals surface area (Å²) >= 11 is 0. The third-order valence-electron chi connectivity index (χ3n) is 4.44. The molecule has 1 saturated heterocycles. The van der Waals surface area contributed by atoms with Gasteiger partial charge >= 0.3 is 0 Å². The molecule has 0 radical (unpaired) electrons. The molecule has 0 spiro atoms. The first kappa shape index (κ1) is 18.4. The van der Waals surface area contributed by atoms with Crippen molar-refractivity contribution in [3.8, 4) is 0 Å². The molecule has 27 heavy (non-hydrogen) atoms. The van der Waals surface area contributed by atoms with E-state index in [-0.39, 0.29) is 23.9 Å². The molecule has 3 rings (SSSR count). The second-order valence-electron chi connectivity index (χ2n) is 6.14. The minimum atomic E-state index is -0.458. The summed E-state index contributed by atoms with van der Waals surface area (Å²) in [6.45, 7) is 2.17. The Hall–Kier alpha value is -3.36. The van der Waals surface area contributed by atoms with Gasteiger partial charge in [0.05, 0.1) is 16.7 Å². The number of amides is 2. The van der Waals surface area contributed by atoms with Crippen LogP contribution in [0.3, 0.4) is 0 Å². The lowest BCUT2D eigenvalue weighted by Gasteiger charge is -2.34. The molecule has 0 bridgehead atoms. The highest BCUT2D eigenvalue weighted by molar-refractivity contribution is 5.94. The van der Waals surface area contributed by atoms with Gasteiger partial charge in [0.25, 0.3) is 11.6 Å². The maximum atomic E-state index is 12.3. The zero-order valence-corrected chi connectivity index (χ0v) is 14.7. The predicted octanol–water partition coefficient (Wildman–Crippen LogP) is 1.97. The monoisotopic (exact) mass is 372 g/mol. The molecule has 1 fully saturated rings. The molecule has 9 heteroatoms. The second kappa shape index (κ2) is 8.35. The summed E-state index contributed by atoms with van der Waals surface area (Å²) in [5, 5.41) is 13.9. The van der Waals surface area contributed by atoms with Crippen LogP contribution in [0.15, 0.2) is 47.3 Å². The number of rotatable bonds is 6. The second-order valence-corrected chi connectivity index (χ2v) is 6.14. The normalized spacial score (nSPS) is 14.1. The van der Waals surface area contributed by atoms with Crippen molar-refractivity contribution in [1.82, 2.24) is 9.80 Å². The van der Waals surface area contributed by atoms with E-state index in [0.29, 0.717) is 44.0 Å². The summed E-state index contributed by atoms with van der Waals surface area (Å²) in [4.78, 5) is 38.5. The fraction of sp³-hybridized carbons (Fsp3) is 0.333. The van der Waals surface area contributed by atoms with E-state index in [0.717, 1.165) is 0 Å².